The molecule has 0 aromatic heterocycles. The summed E-state index contributed by atoms with van der Waals surface area (Å²) in [6, 6.07) is 0. The summed E-state index contributed by atoms with van der Waals surface area (Å²) in [6.45, 7) is 2.39. The van der Waals surface area contributed by atoms with Gasteiger partial charge in [0.1, 0.15) is 5.60 Å². The first-order valence-electron chi connectivity index (χ1n) is 2.52. The van der Waals surface area contributed by atoms with Crippen LogP contribution in [-0.2, 0) is 0 Å². The zero-order chi connectivity index (χ0) is 6.78. The molecule has 0 spiro atoms. The molecular weight excluding hydrogens is 108 g/mol. The van der Waals surface area contributed by atoms with Crippen LogP contribution in [0, 0.1) is 0 Å². The van der Waals surface area contributed by atoms with Crippen LogP contribution in [0.3, 0.4) is 0 Å². The average Bonchev–Trinajstić information content (AvgIpc) is 1.67. The fraction of sp³-hybridized carbons (Fsp3) is 1.00. The minimum atomic E-state index is -1.35. The van der Waals surface area contributed by atoms with Crippen molar-refractivity contribution >= 4 is 0 Å². The van der Waals surface area contributed by atoms with Crippen molar-refractivity contribution in [2.24, 2.45) is 0 Å². The lowest BCUT2D eigenvalue weighted by molar-refractivity contribution is -0.0839. The molecule has 0 aliphatic heterocycles. The number of aliphatic hydroxyl groups excluding tert-OH is 2. The van der Waals surface area contributed by atoms with Crippen LogP contribution < -0.4 is 0 Å². The maximum atomic E-state index is 8.90. The van der Waals surface area contributed by atoms with Gasteiger partial charge in [0.15, 0.2) is 0 Å². The Morgan fingerprint density at radius 3 is 2.00 bits per heavy atom. The van der Waals surface area contributed by atoms with Crippen molar-refractivity contribution < 1.29 is 15.3 Å². The summed E-state index contributed by atoms with van der Waals surface area (Å²) in [6.07, 6.45) is -0.882. The minimum absolute atomic E-state index is 0.412. The summed E-state index contributed by atoms with van der Waals surface area (Å²) in [5, 5.41) is 25.9. The first kappa shape index (κ1) is 7.88. The average molecular weight is 120 g/mol. The summed E-state index contributed by atoms with van der Waals surface area (Å²) < 4.78 is 0. The Kier molecular flexibility index (Phi) is 2.40. The number of rotatable bonds is 2. The molecule has 0 heterocycles. The van der Waals surface area contributed by atoms with Crippen molar-refractivity contribution in [2.45, 2.75) is 25.6 Å². The van der Waals surface area contributed by atoms with Crippen LogP contribution in [-0.4, -0.2) is 33.6 Å². The molecule has 0 fully saturated rings. The molecule has 0 amide bonds. The van der Waals surface area contributed by atoms with Crippen molar-refractivity contribution in [1.29, 1.82) is 0 Å². The Bertz CT molecular complexity index is 68.1. The minimum Gasteiger partial charge on any atom is -0.393 e. The Labute approximate surface area is 48.6 Å². The van der Waals surface area contributed by atoms with Crippen molar-refractivity contribution in [1.82, 2.24) is 0 Å². The molecule has 0 bridgehead atoms. The molecule has 3 nitrogen and oxygen atoms in total. The van der Waals surface area contributed by atoms with Gasteiger partial charge in [-0.3, -0.25) is 0 Å². The molecule has 0 radical (unpaired) electrons. The van der Waals surface area contributed by atoms with Crippen molar-refractivity contribution in [2.75, 3.05) is 6.61 Å². The zero-order valence-corrected chi connectivity index (χ0v) is 5.13. The van der Waals surface area contributed by atoms with E-state index in [2.05, 4.69) is 0 Å². The SMILES string of the molecule is C[C@H](O)[C@@](C)(O)CO. The number of hydrogen-bond acceptors (Lipinski definition) is 3. The highest BCUT2D eigenvalue weighted by atomic mass is 16.4. The van der Waals surface area contributed by atoms with E-state index in [0.717, 1.165) is 0 Å². The van der Waals surface area contributed by atoms with Gasteiger partial charge < -0.3 is 15.3 Å². The quantitative estimate of drug-likeness (QED) is 0.443. The highest BCUT2D eigenvalue weighted by Crippen LogP contribution is 2.06. The molecule has 0 saturated carbocycles. The summed E-state index contributed by atoms with van der Waals surface area (Å²) in [5.74, 6) is 0. The lowest BCUT2D eigenvalue weighted by Crippen LogP contribution is -2.40. The van der Waals surface area contributed by atoms with Gasteiger partial charge in [-0.05, 0) is 13.8 Å². The second kappa shape index (κ2) is 2.44. The smallest absolute Gasteiger partial charge is 0.110 e. The summed E-state index contributed by atoms with van der Waals surface area (Å²) in [7, 11) is 0. The first-order chi connectivity index (χ1) is 3.50. The molecule has 0 unspecified atom stereocenters. The number of aliphatic hydroxyl groups is 3. The maximum absolute atomic E-state index is 8.90. The topological polar surface area (TPSA) is 60.7 Å². The van der Waals surface area contributed by atoms with Gasteiger partial charge in [-0.25, -0.2) is 0 Å². The van der Waals surface area contributed by atoms with Crippen LogP contribution in [0.25, 0.3) is 0 Å². The zero-order valence-electron chi connectivity index (χ0n) is 5.13. The van der Waals surface area contributed by atoms with Gasteiger partial charge in [0.25, 0.3) is 0 Å². The van der Waals surface area contributed by atoms with E-state index < -0.39 is 18.3 Å². The Morgan fingerprint density at radius 1 is 1.62 bits per heavy atom. The molecule has 3 N–H and O–H groups in total. The van der Waals surface area contributed by atoms with E-state index in [0.29, 0.717) is 0 Å². The lowest BCUT2D eigenvalue weighted by atomic mass is 10.0. The third kappa shape index (κ3) is 1.78. The Morgan fingerprint density at radius 2 is 2.00 bits per heavy atom. The second-order valence-corrected chi connectivity index (χ2v) is 2.19. The standard InChI is InChI=1S/C5H12O3/c1-4(7)5(2,8)3-6/h4,6-8H,3H2,1-2H3/t4-,5-/m0/s1. The van der Waals surface area contributed by atoms with E-state index in [1.54, 1.807) is 0 Å². The molecule has 3 heteroatoms. The third-order valence-corrected chi connectivity index (χ3v) is 1.22. The van der Waals surface area contributed by atoms with Gasteiger partial charge in [-0.1, -0.05) is 0 Å². The van der Waals surface area contributed by atoms with Crippen molar-refractivity contribution in [3.8, 4) is 0 Å². The van der Waals surface area contributed by atoms with Crippen LogP contribution in [0.4, 0.5) is 0 Å². The van der Waals surface area contributed by atoms with Gasteiger partial charge in [0, 0.05) is 0 Å². The fourth-order valence-corrected chi connectivity index (χ4v) is 0.132. The first-order valence-corrected chi connectivity index (χ1v) is 2.52. The summed E-state index contributed by atoms with van der Waals surface area (Å²) in [4.78, 5) is 0. The second-order valence-electron chi connectivity index (χ2n) is 2.19. The lowest BCUT2D eigenvalue weighted by Gasteiger charge is -2.22. The molecule has 2 atom stereocenters. The fourth-order valence-electron chi connectivity index (χ4n) is 0.132. The van der Waals surface area contributed by atoms with E-state index in [4.69, 9.17) is 15.3 Å². The van der Waals surface area contributed by atoms with E-state index in [1.807, 2.05) is 0 Å². The molecule has 0 aliphatic carbocycles. The molecular formula is C5H12O3. The molecule has 0 saturated heterocycles. The summed E-state index contributed by atoms with van der Waals surface area (Å²) in [5.41, 5.74) is -1.35. The molecule has 0 aromatic carbocycles. The molecule has 50 valence electrons. The Balaban J connectivity index is 3.71. The van der Waals surface area contributed by atoms with Gasteiger partial charge >= 0.3 is 0 Å². The highest BCUT2D eigenvalue weighted by molar-refractivity contribution is 4.76. The normalized spacial score (nSPS) is 22.1. The van der Waals surface area contributed by atoms with Crippen LogP contribution >= 0.6 is 0 Å². The van der Waals surface area contributed by atoms with Gasteiger partial charge in [-0.2, -0.15) is 0 Å². The van der Waals surface area contributed by atoms with Crippen LogP contribution in [0.1, 0.15) is 13.8 Å². The number of hydrogen-bond donors (Lipinski definition) is 3. The molecule has 0 aromatic rings. The van der Waals surface area contributed by atoms with Gasteiger partial charge in [0.2, 0.25) is 0 Å². The van der Waals surface area contributed by atoms with Crippen molar-refractivity contribution in [3.63, 3.8) is 0 Å². The van der Waals surface area contributed by atoms with Crippen LogP contribution in [0.2, 0.25) is 0 Å². The van der Waals surface area contributed by atoms with Crippen LogP contribution in [0.15, 0.2) is 0 Å². The molecule has 0 aliphatic rings. The monoisotopic (exact) mass is 120 g/mol. The third-order valence-electron chi connectivity index (χ3n) is 1.22. The van der Waals surface area contributed by atoms with Crippen LogP contribution in [0.5, 0.6) is 0 Å². The highest BCUT2D eigenvalue weighted by Gasteiger charge is 2.24. The largest absolute Gasteiger partial charge is 0.393 e. The maximum Gasteiger partial charge on any atom is 0.110 e. The Hall–Kier alpha value is -0.120. The van der Waals surface area contributed by atoms with Gasteiger partial charge in [0.05, 0.1) is 12.7 Å². The predicted molar refractivity (Wildman–Crippen MR) is 29.4 cm³/mol. The predicted octanol–water partition coefficient (Wildman–Crippen LogP) is -0.890. The van der Waals surface area contributed by atoms with E-state index in [1.165, 1.54) is 13.8 Å². The van der Waals surface area contributed by atoms with E-state index in [-0.39, 0.29) is 0 Å². The van der Waals surface area contributed by atoms with Gasteiger partial charge in [-0.15, -0.1) is 0 Å². The molecule has 0 rings (SSSR count). The van der Waals surface area contributed by atoms with E-state index >= 15 is 0 Å². The van der Waals surface area contributed by atoms with Crippen molar-refractivity contribution in [3.05, 3.63) is 0 Å². The summed E-state index contributed by atoms with van der Waals surface area (Å²) >= 11 is 0. The van der Waals surface area contributed by atoms with E-state index in [9.17, 15) is 0 Å². The molecule has 8 heavy (non-hydrogen) atoms.